The molecule has 0 bridgehead atoms. The van der Waals surface area contributed by atoms with Gasteiger partial charge in [-0.2, -0.15) is 0 Å². The zero-order valence-corrected chi connectivity index (χ0v) is 17.3. The summed E-state index contributed by atoms with van der Waals surface area (Å²) >= 11 is 0. The van der Waals surface area contributed by atoms with E-state index in [1.807, 2.05) is 19.9 Å². The summed E-state index contributed by atoms with van der Waals surface area (Å²) in [6.07, 6.45) is 0.502. The third-order valence-corrected chi connectivity index (χ3v) is 6.02. The molecule has 3 aromatic rings. The second-order valence-electron chi connectivity index (χ2n) is 8.27. The summed E-state index contributed by atoms with van der Waals surface area (Å²) in [5.74, 6) is -1.31. The van der Waals surface area contributed by atoms with E-state index in [0.717, 1.165) is 22.2 Å². The van der Waals surface area contributed by atoms with E-state index in [2.05, 4.69) is 48.0 Å². The summed E-state index contributed by atoms with van der Waals surface area (Å²) in [6, 6.07) is 10.6. The molecule has 1 aliphatic heterocycles. The highest BCUT2D eigenvalue weighted by Crippen LogP contribution is 2.38. The smallest absolute Gasteiger partial charge is 0.321 e. The van der Waals surface area contributed by atoms with E-state index in [1.165, 1.54) is 16.4 Å². The lowest BCUT2D eigenvalue weighted by Gasteiger charge is -2.20. The molecular weight excluding hydrogens is 366 g/mol. The summed E-state index contributed by atoms with van der Waals surface area (Å²) < 4.78 is 2.34. The Morgan fingerprint density at radius 2 is 1.90 bits per heavy atom. The number of para-hydroxylation sites is 1. The summed E-state index contributed by atoms with van der Waals surface area (Å²) in [4.78, 5) is 25.6. The van der Waals surface area contributed by atoms with E-state index in [1.54, 1.807) is 4.90 Å². The Morgan fingerprint density at radius 1 is 1.17 bits per heavy atom. The van der Waals surface area contributed by atoms with E-state index in [4.69, 9.17) is 0 Å². The highest BCUT2D eigenvalue weighted by atomic mass is 16.4. The lowest BCUT2D eigenvalue weighted by Crippen LogP contribution is -2.34. The van der Waals surface area contributed by atoms with Crippen LogP contribution in [0.4, 0.5) is 10.5 Å². The van der Waals surface area contributed by atoms with Crippen molar-refractivity contribution in [1.29, 1.82) is 0 Å². The van der Waals surface area contributed by atoms with Crippen molar-refractivity contribution in [3.63, 3.8) is 0 Å². The first-order chi connectivity index (χ1) is 13.8. The molecule has 2 N–H and O–H groups in total. The minimum Gasteiger partial charge on any atom is -0.481 e. The van der Waals surface area contributed by atoms with Crippen LogP contribution in [0.25, 0.3) is 21.8 Å². The minimum absolute atomic E-state index is 0.230. The van der Waals surface area contributed by atoms with Gasteiger partial charge in [0, 0.05) is 41.1 Å². The molecule has 2 heterocycles. The van der Waals surface area contributed by atoms with Gasteiger partial charge in [-0.1, -0.05) is 18.2 Å². The van der Waals surface area contributed by atoms with Gasteiger partial charge in [-0.15, -0.1) is 0 Å². The predicted molar refractivity (Wildman–Crippen MR) is 116 cm³/mol. The van der Waals surface area contributed by atoms with Crippen molar-refractivity contribution in [3.8, 4) is 0 Å². The molecule has 0 spiro atoms. The molecule has 1 saturated heterocycles. The van der Waals surface area contributed by atoms with Crippen LogP contribution in [0.5, 0.6) is 0 Å². The number of urea groups is 1. The van der Waals surface area contributed by atoms with Gasteiger partial charge in [-0.25, -0.2) is 4.79 Å². The average molecular weight is 393 g/mol. The minimum atomic E-state index is -0.837. The van der Waals surface area contributed by atoms with Crippen LogP contribution >= 0.6 is 0 Å². The SMILES string of the molecule is Cc1cc2c(c(C)c1NC(=O)N1CCC(C(=O)O)C1)c1ccccc1n2C(C)C. The molecule has 1 aliphatic rings. The van der Waals surface area contributed by atoms with Crippen molar-refractivity contribution in [2.75, 3.05) is 18.4 Å². The number of fused-ring (bicyclic) bond motifs is 3. The number of aryl methyl sites for hydroxylation is 2. The molecule has 0 saturated carbocycles. The molecule has 1 unspecified atom stereocenters. The number of carboxylic acid groups (broad SMARTS) is 1. The van der Waals surface area contributed by atoms with E-state index in [-0.39, 0.29) is 12.6 Å². The maximum atomic E-state index is 12.8. The first-order valence-corrected chi connectivity index (χ1v) is 10.1. The maximum Gasteiger partial charge on any atom is 0.321 e. The number of amides is 2. The number of aromatic nitrogens is 1. The van der Waals surface area contributed by atoms with E-state index in [0.29, 0.717) is 19.0 Å². The maximum absolute atomic E-state index is 12.8. The second kappa shape index (κ2) is 7.10. The Morgan fingerprint density at radius 3 is 2.55 bits per heavy atom. The average Bonchev–Trinajstić information content (AvgIpc) is 3.27. The Bertz CT molecular complexity index is 1130. The summed E-state index contributed by atoms with van der Waals surface area (Å²) in [7, 11) is 0. The highest BCUT2D eigenvalue weighted by molar-refractivity contribution is 6.12. The van der Waals surface area contributed by atoms with Crippen molar-refractivity contribution in [2.24, 2.45) is 5.92 Å². The summed E-state index contributed by atoms with van der Waals surface area (Å²) in [6.45, 7) is 9.14. The quantitative estimate of drug-likeness (QED) is 0.662. The topological polar surface area (TPSA) is 74.6 Å². The van der Waals surface area contributed by atoms with E-state index in [9.17, 15) is 14.7 Å². The lowest BCUT2D eigenvalue weighted by molar-refractivity contribution is -0.141. The fourth-order valence-corrected chi connectivity index (χ4v) is 4.60. The number of rotatable bonds is 3. The van der Waals surface area contributed by atoms with Crippen LogP contribution in [-0.2, 0) is 4.79 Å². The Labute approximate surface area is 170 Å². The number of carboxylic acids is 1. The van der Waals surface area contributed by atoms with Crippen molar-refractivity contribution in [1.82, 2.24) is 9.47 Å². The number of benzene rings is 2. The van der Waals surface area contributed by atoms with Gasteiger partial charge in [0.1, 0.15) is 0 Å². The van der Waals surface area contributed by atoms with Crippen LogP contribution in [0.1, 0.15) is 37.4 Å². The summed E-state index contributed by atoms with van der Waals surface area (Å²) in [5, 5.41) is 14.6. The first kappa shape index (κ1) is 19.3. The fourth-order valence-electron chi connectivity index (χ4n) is 4.60. The van der Waals surface area contributed by atoms with Crippen LogP contribution in [-0.4, -0.2) is 39.7 Å². The number of carbonyl (C=O) groups excluding carboxylic acids is 1. The fraction of sp³-hybridized carbons (Fsp3) is 0.391. The largest absolute Gasteiger partial charge is 0.481 e. The number of carbonyl (C=O) groups is 2. The molecule has 152 valence electrons. The highest BCUT2D eigenvalue weighted by Gasteiger charge is 2.31. The first-order valence-electron chi connectivity index (χ1n) is 10.1. The zero-order valence-electron chi connectivity index (χ0n) is 17.3. The molecular formula is C23H27N3O3. The number of nitrogens with zero attached hydrogens (tertiary/aromatic N) is 2. The van der Waals surface area contributed by atoms with Crippen LogP contribution in [0.2, 0.25) is 0 Å². The van der Waals surface area contributed by atoms with Gasteiger partial charge in [0.05, 0.1) is 11.4 Å². The molecule has 4 rings (SSSR count). The van der Waals surface area contributed by atoms with Crippen LogP contribution in [0, 0.1) is 19.8 Å². The molecule has 0 aliphatic carbocycles. The molecule has 1 fully saturated rings. The Hall–Kier alpha value is -3.02. The van der Waals surface area contributed by atoms with Crippen LogP contribution < -0.4 is 5.32 Å². The molecule has 2 amide bonds. The van der Waals surface area contributed by atoms with Crippen molar-refractivity contribution < 1.29 is 14.7 Å². The van der Waals surface area contributed by atoms with Crippen molar-refractivity contribution in [2.45, 2.75) is 40.2 Å². The standard InChI is InChI=1S/C23H27N3O3/c1-13(2)26-18-8-6-5-7-17(18)20-15(4)21(14(3)11-19(20)26)24-23(29)25-10-9-16(12-25)22(27)28/h5-8,11,13,16H,9-10,12H2,1-4H3,(H,24,29)(H,27,28). The number of aliphatic carboxylic acids is 1. The molecule has 1 atom stereocenters. The number of likely N-dealkylation sites (tertiary alicyclic amines) is 1. The normalized spacial score (nSPS) is 16.9. The van der Waals surface area contributed by atoms with Gasteiger partial charge in [-0.05, 0) is 57.4 Å². The lowest BCUT2D eigenvalue weighted by atomic mass is 10.0. The summed E-state index contributed by atoms with van der Waals surface area (Å²) in [5.41, 5.74) is 5.21. The number of hydrogen-bond acceptors (Lipinski definition) is 2. The zero-order chi connectivity index (χ0) is 20.9. The number of hydrogen-bond donors (Lipinski definition) is 2. The van der Waals surface area contributed by atoms with Gasteiger partial charge >= 0.3 is 12.0 Å². The van der Waals surface area contributed by atoms with Crippen LogP contribution in [0.15, 0.2) is 30.3 Å². The Kier molecular flexibility index (Phi) is 4.73. The molecule has 29 heavy (non-hydrogen) atoms. The van der Waals surface area contributed by atoms with Gasteiger partial charge in [-0.3, -0.25) is 4.79 Å². The molecule has 1 aromatic heterocycles. The van der Waals surface area contributed by atoms with Gasteiger partial charge < -0.3 is 19.9 Å². The van der Waals surface area contributed by atoms with E-state index >= 15 is 0 Å². The van der Waals surface area contributed by atoms with Gasteiger partial charge in [0.2, 0.25) is 0 Å². The Balaban J connectivity index is 1.78. The predicted octanol–water partition coefficient (Wildman–Crippen LogP) is 4.93. The third kappa shape index (κ3) is 3.12. The van der Waals surface area contributed by atoms with E-state index < -0.39 is 11.9 Å². The second-order valence-corrected chi connectivity index (χ2v) is 8.27. The molecule has 6 heteroatoms. The van der Waals surface area contributed by atoms with Crippen LogP contribution in [0.3, 0.4) is 0 Å². The van der Waals surface area contributed by atoms with Gasteiger partial charge in [0.25, 0.3) is 0 Å². The monoisotopic (exact) mass is 393 g/mol. The number of nitrogens with one attached hydrogen (secondary N) is 1. The van der Waals surface area contributed by atoms with Crippen molar-refractivity contribution in [3.05, 3.63) is 41.5 Å². The molecule has 2 aromatic carbocycles. The van der Waals surface area contributed by atoms with Crippen molar-refractivity contribution >= 4 is 39.5 Å². The van der Waals surface area contributed by atoms with Gasteiger partial charge in [0.15, 0.2) is 0 Å². The molecule has 0 radical (unpaired) electrons. The number of anilines is 1. The third-order valence-electron chi connectivity index (χ3n) is 6.02. The molecule has 6 nitrogen and oxygen atoms in total.